The van der Waals surface area contributed by atoms with Gasteiger partial charge in [-0.05, 0) is 67.8 Å². The molecule has 0 atom stereocenters. The number of hydrogen-bond acceptors (Lipinski definition) is 4. The van der Waals surface area contributed by atoms with E-state index in [0.717, 1.165) is 29.9 Å². The van der Waals surface area contributed by atoms with Crippen LogP contribution in [0.5, 0.6) is 0 Å². The molecule has 6 nitrogen and oxygen atoms in total. The number of nitrogens with one attached hydrogen (secondary N) is 1. The van der Waals surface area contributed by atoms with Crippen molar-refractivity contribution >= 4 is 27.3 Å². The number of amides is 1. The van der Waals surface area contributed by atoms with E-state index in [0.29, 0.717) is 29.9 Å². The molecule has 7 heteroatoms. The first-order valence-corrected chi connectivity index (χ1v) is 12.5. The second kappa shape index (κ2) is 9.27. The van der Waals surface area contributed by atoms with Gasteiger partial charge in [0.1, 0.15) is 0 Å². The van der Waals surface area contributed by atoms with Gasteiger partial charge in [-0.3, -0.25) is 9.52 Å². The van der Waals surface area contributed by atoms with Crippen molar-refractivity contribution in [2.24, 2.45) is 0 Å². The van der Waals surface area contributed by atoms with Gasteiger partial charge < -0.3 is 9.80 Å². The number of para-hydroxylation sites is 1. The molecule has 1 aliphatic rings. The van der Waals surface area contributed by atoms with Crippen molar-refractivity contribution in [3.8, 4) is 0 Å². The van der Waals surface area contributed by atoms with E-state index in [4.69, 9.17) is 0 Å². The van der Waals surface area contributed by atoms with Gasteiger partial charge in [-0.1, -0.05) is 36.4 Å². The summed E-state index contributed by atoms with van der Waals surface area (Å²) in [5.41, 5.74) is 4.47. The maximum Gasteiger partial charge on any atom is 0.262 e. The van der Waals surface area contributed by atoms with Gasteiger partial charge in [-0.15, -0.1) is 0 Å². The van der Waals surface area contributed by atoms with Crippen LogP contribution >= 0.6 is 0 Å². The van der Waals surface area contributed by atoms with Crippen molar-refractivity contribution in [1.29, 1.82) is 0 Å². The number of piperazine rings is 1. The highest BCUT2D eigenvalue weighted by molar-refractivity contribution is 7.92. The van der Waals surface area contributed by atoms with Crippen molar-refractivity contribution in [2.45, 2.75) is 25.7 Å². The third kappa shape index (κ3) is 5.03. The minimum Gasteiger partial charge on any atom is -0.368 e. The van der Waals surface area contributed by atoms with Gasteiger partial charge in [0, 0.05) is 37.4 Å². The number of benzene rings is 3. The Hall–Kier alpha value is -3.32. The van der Waals surface area contributed by atoms with Crippen LogP contribution < -0.4 is 9.62 Å². The number of hydrogen-bond donors (Lipinski definition) is 1. The molecule has 1 saturated heterocycles. The molecule has 0 aromatic heterocycles. The predicted octanol–water partition coefficient (Wildman–Crippen LogP) is 4.38. The summed E-state index contributed by atoms with van der Waals surface area (Å²) in [5.74, 6) is -0.147. The van der Waals surface area contributed by atoms with E-state index in [1.54, 1.807) is 24.0 Å². The molecule has 1 amide bonds. The van der Waals surface area contributed by atoms with Gasteiger partial charge in [-0.2, -0.15) is 0 Å². The average molecular weight is 464 g/mol. The lowest BCUT2D eigenvalue weighted by Crippen LogP contribution is -2.48. The van der Waals surface area contributed by atoms with Crippen LogP contribution in [0.3, 0.4) is 0 Å². The van der Waals surface area contributed by atoms with Crippen LogP contribution in [0.15, 0.2) is 71.6 Å². The number of carbonyl (C=O) groups is 1. The Balaban J connectivity index is 1.52. The van der Waals surface area contributed by atoms with E-state index in [2.05, 4.69) is 21.8 Å². The molecular weight excluding hydrogens is 434 g/mol. The van der Waals surface area contributed by atoms with E-state index in [-0.39, 0.29) is 10.8 Å². The van der Waals surface area contributed by atoms with E-state index in [9.17, 15) is 13.2 Å². The Bertz CT molecular complexity index is 1270. The number of anilines is 2. The quantitative estimate of drug-likeness (QED) is 0.610. The molecule has 1 aliphatic heterocycles. The summed E-state index contributed by atoms with van der Waals surface area (Å²) in [7, 11) is -3.84. The fourth-order valence-electron chi connectivity index (χ4n) is 4.06. The van der Waals surface area contributed by atoms with Crippen molar-refractivity contribution in [2.75, 3.05) is 35.8 Å². The van der Waals surface area contributed by atoms with Gasteiger partial charge in [-0.25, -0.2) is 8.42 Å². The standard InChI is InChI=1S/C26H29N3O3S/c1-19-9-10-20(2)24(17-19)27-33(31,32)25-18-22(12-11-21(25)3)26(30)29-15-13-28(14-16-29)23-7-5-4-6-8-23/h4-12,17-18,27H,13-16H2,1-3H3. The van der Waals surface area contributed by atoms with Crippen LogP contribution in [0.1, 0.15) is 27.0 Å². The predicted molar refractivity (Wildman–Crippen MR) is 132 cm³/mol. The summed E-state index contributed by atoms with van der Waals surface area (Å²) in [6, 6.07) is 20.7. The molecule has 172 valence electrons. The molecule has 0 saturated carbocycles. The van der Waals surface area contributed by atoms with Crippen molar-refractivity contribution in [3.63, 3.8) is 0 Å². The zero-order chi connectivity index (χ0) is 23.6. The van der Waals surface area contributed by atoms with Crippen LogP contribution in [0, 0.1) is 20.8 Å². The Morgan fingerprint density at radius 3 is 2.18 bits per heavy atom. The highest BCUT2D eigenvalue weighted by Crippen LogP contribution is 2.25. The molecule has 33 heavy (non-hydrogen) atoms. The summed E-state index contributed by atoms with van der Waals surface area (Å²) in [6.45, 7) is 8.17. The third-order valence-electron chi connectivity index (χ3n) is 6.05. The average Bonchev–Trinajstić information content (AvgIpc) is 2.82. The second-order valence-corrected chi connectivity index (χ2v) is 10.2. The zero-order valence-corrected chi connectivity index (χ0v) is 20.0. The topological polar surface area (TPSA) is 69.7 Å². The Labute approximate surface area is 195 Å². The lowest BCUT2D eigenvalue weighted by atomic mass is 10.1. The number of rotatable bonds is 5. The van der Waals surface area contributed by atoms with Gasteiger partial charge in [0.2, 0.25) is 0 Å². The molecule has 1 N–H and O–H groups in total. The summed E-state index contributed by atoms with van der Waals surface area (Å²) in [4.78, 5) is 17.3. The van der Waals surface area contributed by atoms with Gasteiger partial charge in [0.25, 0.3) is 15.9 Å². The summed E-state index contributed by atoms with van der Waals surface area (Å²) in [6.07, 6.45) is 0. The highest BCUT2D eigenvalue weighted by atomic mass is 32.2. The molecule has 0 unspecified atom stereocenters. The highest BCUT2D eigenvalue weighted by Gasteiger charge is 2.25. The molecule has 0 bridgehead atoms. The number of aryl methyl sites for hydroxylation is 3. The molecule has 0 spiro atoms. The summed E-state index contributed by atoms with van der Waals surface area (Å²) >= 11 is 0. The molecule has 1 heterocycles. The molecule has 1 fully saturated rings. The van der Waals surface area contributed by atoms with Gasteiger partial charge in [0.15, 0.2) is 0 Å². The maximum atomic E-state index is 13.2. The van der Waals surface area contributed by atoms with E-state index >= 15 is 0 Å². The second-order valence-electron chi connectivity index (χ2n) is 8.52. The first-order valence-electron chi connectivity index (χ1n) is 11.0. The summed E-state index contributed by atoms with van der Waals surface area (Å²) in [5, 5.41) is 0. The van der Waals surface area contributed by atoms with Crippen LogP contribution in [-0.4, -0.2) is 45.4 Å². The first-order chi connectivity index (χ1) is 15.7. The molecule has 3 aromatic carbocycles. The molecule has 0 aliphatic carbocycles. The molecule has 3 aromatic rings. The smallest absolute Gasteiger partial charge is 0.262 e. The number of carbonyl (C=O) groups excluding carboxylic acids is 1. The molecule has 4 rings (SSSR count). The van der Waals surface area contributed by atoms with Crippen molar-refractivity contribution < 1.29 is 13.2 Å². The van der Waals surface area contributed by atoms with E-state index in [1.165, 1.54) is 6.07 Å². The van der Waals surface area contributed by atoms with Crippen molar-refractivity contribution in [1.82, 2.24) is 4.90 Å². The van der Waals surface area contributed by atoms with Gasteiger partial charge in [0.05, 0.1) is 10.6 Å². The van der Waals surface area contributed by atoms with Gasteiger partial charge >= 0.3 is 0 Å². The molecular formula is C26H29N3O3S. The number of nitrogens with zero attached hydrogens (tertiary/aromatic N) is 2. The van der Waals surface area contributed by atoms with Crippen LogP contribution in [0.2, 0.25) is 0 Å². The minimum absolute atomic E-state index is 0.122. The zero-order valence-electron chi connectivity index (χ0n) is 19.2. The van der Waals surface area contributed by atoms with Crippen LogP contribution in [0.4, 0.5) is 11.4 Å². The minimum atomic E-state index is -3.84. The summed E-state index contributed by atoms with van der Waals surface area (Å²) < 4.78 is 29.1. The SMILES string of the molecule is Cc1ccc(C)c(NS(=O)(=O)c2cc(C(=O)N3CCN(c4ccccc4)CC3)ccc2C)c1. The third-order valence-corrected chi connectivity index (χ3v) is 7.56. The molecule has 0 radical (unpaired) electrons. The van der Waals surface area contributed by atoms with Crippen LogP contribution in [0.25, 0.3) is 0 Å². The Morgan fingerprint density at radius 1 is 0.818 bits per heavy atom. The fraction of sp³-hybridized carbons (Fsp3) is 0.269. The lowest BCUT2D eigenvalue weighted by Gasteiger charge is -2.36. The Morgan fingerprint density at radius 2 is 1.48 bits per heavy atom. The lowest BCUT2D eigenvalue weighted by molar-refractivity contribution is 0.0746. The van der Waals surface area contributed by atoms with Crippen LogP contribution in [-0.2, 0) is 10.0 Å². The van der Waals surface area contributed by atoms with Crippen molar-refractivity contribution in [3.05, 3.63) is 89.0 Å². The number of sulfonamides is 1. The Kier molecular flexibility index (Phi) is 6.42. The maximum absolute atomic E-state index is 13.2. The largest absolute Gasteiger partial charge is 0.368 e. The normalized spacial score (nSPS) is 14.3. The monoisotopic (exact) mass is 463 g/mol. The van der Waals surface area contributed by atoms with E-state index < -0.39 is 10.0 Å². The first kappa shape index (κ1) is 22.9. The van der Waals surface area contributed by atoms with E-state index in [1.807, 2.05) is 50.2 Å². The fourth-order valence-corrected chi connectivity index (χ4v) is 5.45.